The maximum atomic E-state index is 14.0. The molecular weight excluding hydrogens is 1540 g/mol. The smallest absolute Gasteiger partial charge is 0.410 e. The van der Waals surface area contributed by atoms with Crippen molar-refractivity contribution in [2.24, 2.45) is 20.5 Å². The summed E-state index contributed by atoms with van der Waals surface area (Å²) in [6.45, 7) is 4.21. The van der Waals surface area contributed by atoms with Gasteiger partial charge in [0.05, 0.1) is 75.1 Å². The molecule has 8 aromatic carbocycles. The van der Waals surface area contributed by atoms with Gasteiger partial charge in [-0.3, -0.25) is 38.8 Å². The molecule has 17 rings (SSSR count). The minimum atomic E-state index is -0.565. The highest BCUT2D eigenvalue weighted by atomic mass is 16.6. The monoisotopic (exact) mass is 1640 g/mol. The Balaban J connectivity index is 0.750. The first-order valence-electron chi connectivity index (χ1n) is 40.3. The molecule has 0 radical (unpaired) electrons. The third-order valence-corrected chi connectivity index (χ3v) is 19.5. The summed E-state index contributed by atoms with van der Waals surface area (Å²) in [6, 6.07) is 65.3. The van der Waals surface area contributed by atoms with Crippen molar-refractivity contribution >= 4 is 70.8 Å². The fourth-order valence-electron chi connectivity index (χ4n) is 12.7. The molecule has 8 amide bonds. The minimum absolute atomic E-state index is 0.0350. The molecule has 120 heavy (non-hydrogen) atoms. The number of carbonyl (C=O) groups is 8. The molecule has 12 bridgehead atoms. The van der Waals surface area contributed by atoms with E-state index in [2.05, 4.69) is 41.7 Å². The van der Waals surface area contributed by atoms with Gasteiger partial charge in [0.1, 0.15) is 75.9 Å². The van der Waals surface area contributed by atoms with Gasteiger partial charge in [0.15, 0.2) is 0 Å². The Morgan fingerprint density at radius 3 is 0.625 bits per heavy atom. The van der Waals surface area contributed by atoms with E-state index in [1.807, 2.05) is 141 Å². The Labute approximate surface area is 698 Å². The number of nitrogens with zero attached hydrogens (tertiary/aromatic N) is 12. The Morgan fingerprint density at radius 2 is 0.442 bits per heavy atom. The number of carbonyl (C=O) groups excluding carboxylic acids is 8. The summed E-state index contributed by atoms with van der Waals surface area (Å²) >= 11 is 0. The molecule has 2 fully saturated rings. The van der Waals surface area contributed by atoms with Crippen molar-refractivity contribution in [2.45, 2.75) is 26.4 Å². The summed E-state index contributed by atoms with van der Waals surface area (Å²) in [6.07, 6.45) is -2.26. The first-order chi connectivity index (χ1) is 58.7. The van der Waals surface area contributed by atoms with Crippen LogP contribution in [0, 0.1) is 0 Å². The average Bonchev–Trinajstić information content (AvgIpc) is 0.530. The number of hydrogen-bond donors (Lipinski definition) is 4. The van der Waals surface area contributed by atoms with Crippen molar-refractivity contribution in [2.75, 3.05) is 184 Å². The zero-order valence-corrected chi connectivity index (χ0v) is 67.3. The number of hydrogen-bond acceptors (Lipinski definition) is 24. The highest BCUT2D eigenvalue weighted by Crippen LogP contribution is 2.26. The average molecular weight is 1640 g/mol. The molecule has 9 heterocycles. The molecular formula is C88H104N16O16. The van der Waals surface area contributed by atoms with Crippen LogP contribution >= 0.6 is 0 Å². The molecule has 32 heteroatoms. The van der Waals surface area contributed by atoms with E-state index in [1.54, 1.807) is 117 Å². The second-order valence-corrected chi connectivity index (χ2v) is 28.4. The molecule has 0 unspecified atom stereocenters. The van der Waals surface area contributed by atoms with Gasteiger partial charge in [0.25, 0.3) is 0 Å². The van der Waals surface area contributed by atoms with Crippen LogP contribution in [0.1, 0.15) is 22.3 Å². The van der Waals surface area contributed by atoms with Crippen LogP contribution in [0.15, 0.2) is 239 Å². The van der Waals surface area contributed by atoms with Crippen LogP contribution < -0.4 is 40.2 Å². The van der Waals surface area contributed by atoms with E-state index in [0.717, 1.165) is 22.3 Å². The van der Waals surface area contributed by atoms with Crippen LogP contribution in [0.2, 0.25) is 0 Å². The molecule has 632 valence electrons. The SMILES string of the molecule is O=C1CN2CCN(C(=O)OCc3ccccc3)CCN(CCN(C(=O)OCc3ccccc3)CC2)CC(=O)NCCOc2ccc(cc2)N=Nc2ccc(cc2)OCCNC(=O)CN2CCN(C(=O)OCc3ccccc3)CCN(CCN(C(=O)OCc3ccccc3)CC2)CC(=O)NCCOc2ccc(cc2)N=Nc2ccc(cc2)OCCN1. The molecule has 9 aliphatic rings. The summed E-state index contributed by atoms with van der Waals surface area (Å²) in [7, 11) is 0. The molecule has 0 aliphatic carbocycles. The van der Waals surface area contributed by atoms with E-state index in [1.165, 1.54) is 0 Å². The number of benzene rings is 8. The number of ether oxygens (including phenoxy) is 8. The van der Waals surface area contributed by atoms with E-state index in [0.29, 0.717) is 45.7 Å². The fraction of sp³-hybridized carbons (Fsp3) is 0.364. The van der Waals surface area contributed by atoms with Gasteiger partial charge in [-0.2, -0.15) is 20.5 Å². The number of azo groups is 2. The van der Waals surface area contributed by atoms with Gasteiger partial charge in [-0.15, -0.1) is 0 Å². The van der Waals surface area contributed by atoms with Crippen LogP contribution in [0.3, 0.4) is 0 Å². The minimum Gasteiger partial charge on any atom is -0.492 e. The highest BCUT2D eigenvalue weighted by molar-refractivity contribution is 5.80. The van der Waals surface area contributed by atoms with Crippen molar-refractivity contribution in [3.05, 3.63) is 241 Å². The highest BCUT2D eigenvalue weighted by Gasteiger charge is 2.28. The number of amides is 8. The van der Waals surface area contributed by atoms with Crippen molar-refractivity contribution in [1.82, 2.24) is 60.5 Å². The third kappa shape index (κ3) is 31.8. The molecule has 0 atom stereocenters. The molecule has 4 N–H and O–H groups in total. The van der Waals surface area contributed by atoms with Crippen molar-refractivity contribution in [3.63, 3.8) is 0 Å². The summed E-state index contributed by atoms with van der Waals surface area (Å²) in [5.74, 6) is 0.941. The maximum absolute atomic E-state index is 14.0. The molecule has 32 nitrogen and oxygen atoms in total. The molecule has 0 spiro atoms. The van der Waals surface area contributed by atoms with Crippen molar-refractivity contribution in [1.29, 1.82) is 0 Å². The maximum Gasteiger partial charge on any atom is 0.410 e. The summed E-state index contributed by atoms with van der Waals surface area (Å²) < 4.78 is 47.4. The van der Waals surface area contributed by atoms with Gasteiger partial charge in [0.2, 0.25) is 23.6 Å². The number of rotatable bonds is 8. The largest absolute Gasteiger partial charge is 0.492 e. The quantitative estimate of drug-likeness (QED) is 0.103. The van der Waals surface area contributed by atoms with Gasteiger partial charge in [-0.05, 0) is 119 Å². The molecule has 8 aromatic rings. The number of nitrogens with one attached hydrogen (secondary N) is 4. The van der Waals surface area contributed by atoms with Crippen LogP contribution in [0.4, 0.5) is 41.9 Å². The Bertz CT molecular complexity index is 3940. The van der Waals surface area contributed by atoms with Gasteiger partial charge in [-0.1, -0.05) is 121 Å². The molecule has 2 saturated heterocycles. The van der Waals surface area contributed by atoms with E-state index in [-0.39, 0.29) is 234 Å². The summed E-state index contributed by atoms with van der Waals surface area (Å²) in [5, 5.41) is 29.4. The van der Waals surface area contributed by atoms with Gasteiger partial charge >= 0.3 is 24.4 Å². The van der Waals surface area contributed by atoms with Crippen LogP contribution in [-0.2, 0) is 64.6 Å². The van der Waals surface area contributed by atoms with Crippen LogP contribution in [-0.4, -0.2) is 271 Å². The zero-order valence-electron chi connectivity index (χ0n) is 67.3. The van der Waals surface area contributed by atoms with Gasteiger partial charge in [0, 0.05) is 105 Å². The van der Waals surface area contributed by atoms with E-state index in [9.17, 15) is 38.4 Å². The fourth-order valence-corrected chi connectivity index (χ4v) is 12.7. The second-order valence-electron chi connectivity index (χ2n) is 28.4. The lowest BCUT2D eigenvalue weighted by Crippen LogP contribution is -2.51. The van der Waals surface area contributed by atoms with E-state index >= 15 is 0 Å². The van der Waals surface area contributed by atoms with Crippen LogP contribution in [0.25, 0.3) is 0 Å². The Hall–Kier alpha value is -13.0. The zero-order chi connectivity index (χ0) is 83.6. The lowest BCUT2D eigenvalue weighted by atomic mass is 10.2. The Kier molecular flexibility index (Phi) is 35.6. The standard InChI is InChI=1S/C88H104N16O16/c105-81-61-97-41-49-101(85(109)117-65-69-13-5-1-6-14-69)50-42-98(44-52-102(51-43-97)86(110)118-66-70-15-7-2-8-16-70)62-82(106)90-38-58-114-78-31-23-74(24-32-78)94-96-76-27-35-80(36-28-76)116-60-40-92-84(108)64-100-46-54-103(87(111)119-67-71-17-9-3-10-18-71)53-45-99(47-55-104(56-48-100)88(112)120-68-72-19-11-4-12-20-72)63-83(107)91-39-59-115-79-33-25-75(26-34-79)95-93-73-21-29-77(30-22-73)113-57-37-89-81/h1-36H,37-68H2,(H,89,105)(H,90,106)(H,91,107)(H,92,108). The third-order valence-electron chi connectivity index (χ3n) is 19.5. The predicted octanol–water partition coefficient (Wildman–Crippen LogP) is 10.0. The summed E-state index contributed by atoms with van der Waals surface area (Å²) in [4.78, 5) is 125. The summed E-state index contributed by atoms with van der Waals surface area (Å²) in [5.41, 5.74) is 5.46. The Morgan fingerprint density at radius 1 is 0.258 bits per heavy atom. The normalized spacial score (nSPS) is 18.8. The molecule has 0 saturated carbocycles. The molecule has 9 aliphatic heterocycles. The van der Waals surface area contributed by atoms with Gasteiger partial charge < -0.3 is 78.8 Å². The predicted molar refractivity (Wildman–Crippen MR) is 447 cm³/mol. The van der Waals surface area contributed by atoms with Crippen LogP contribution in [0.5, 0.6) is 23.0 Å². The van der Waals surface area contributed by atoms with Crippen molar-refractivity contribution < 1.29 is 76.3 Å². The first kappa shape index (κ1) is 87.8. The molecule has 0 aromatic heterocycles. The van der Waals surface area contributed by atoms with Gasteiger partial charge in [-0.25, -0.2) is 19.2 Å². The van der Waals surface area contributed by atoms with E-state index < -0.39 is 24.4 Å². The second kappa shape index (κ2) is 48.6. The van der Waals surface area contributed by atoms with E-state index in [4.69, 9.17) is 37.9 Å². The lowest BCUT2D eigenvalue weighted by molar-refractivity contribution is -0.123. The van der Waals surface area contributed by atoms with Crippen molar-refractivity contribution in [3.8, 4) is 23.0 Å². The topological polar surface area (TPSA) is 334 Å². The lowest BCUT2D eigenvalue weighted by Gasteiger charge is -2.33. The first-order valence-corrected chi connectivity index (χ1v) is 40.3.